The molecule has 15 heavy (non-hydrogen) atoms. The normalized spacial score (nSPS) is 15.3. The minimum atomic E-state index is -0.253. The molecule has 2 unspecified atom stereocenters. The zero-order chi connectivity index (χ0) is 11.4. The van der Waals surface area contributed by atoms with Crippen molar-refractivity contribution in [3.05, 3.63) is 34.3 Å². The van der Waals surface area contributed by atoms with Gasteiger partial charge in [0.1, 0.15) is 0 Å². The van der Waals surface area contributed by atoms with Crippen LogP contribution in [0.3, 0.4) is 0 Å². The summed E-state index contributed by atoms with van der Waals surface area (Å²) in [6.07, 6.45) is 0.675. The van der Waals surface area contributed by atoms with Gasteiger partial charge in [0.05, 0.1) is 6.10 Å². The Hall–Kier alpha value is -0.340. The van der Waals surface area contributed by atoms with Gasteiger partial charge in [0.15, 0.2) is 0 Å². The lowest BCUT2D eigenvalue weighted by atomic mass is 9.85. The Balaban J connectivity index is 2.79. The van der Waals surface area contributed by atoms with E-state index in [1.54, 1.807) is 0 Å². The monoisotopic (exact) mass is 270 g/mol. The van der Waals surface area contributed by atoms with E-state index in [0.29, 0.717) is 11.8 Å². The van der Waals surface area contributed by atoms with Gasteiger partial charge in [-0.25, -0.2) is 0 Å². The Morgan fingerprint density at radius 2 is 1.80 bits per heavy atom. The fraction of sp³-hybridized carbons (Fsp3) is 0.538. The lowest BCUT2D eigenvalue weighted by molar-refractivity contribution is 0.0976. The Kier molecular flexibility index (Phi) is 4.81. The van der Waals surface area contributed by atoms with Gasteiger partial charge in [0.2, 0.25) is 0 Å². The molecule has 0 amide bonds. The van der Waals surface area contributed by atoms with Crippen LogP contribution in [0, 0.1) is 11.8 Å². The Labute approximate surface area is 101 Å². The molecule has 0 aromatic heterocycles. The molecular formula is C13H19BrO. The van der Waals surface area contributed by atoms with Crippen molar-refractivity contribution in [3.63, 3.8) is 0 Å². The second-order valence-corrected chi connectivity index (χ2v) is 5.30. The van der Waals surface area contributed by atoms with Crippen molar-refractivity contribution in [1.82, 2.24) is 0 Å². The molecule has 0 heterocycles. The predicted molar refractivity (Wildman–Crippen MR) is 67.9 cm³/mol. The van der Waals surface area contributed by atoms with E-state index in [4.69, 9.17) is 0 Å². The van der Waals surface area contributed by atoms with E-state index in [1.165, 1.54) is 5.56 Å². The van der Waals surface area contributed by atoms with Crippen LogP contribution in [0.1, 0.15) is 26.3 Å². The van der Waals surface area contributed by atoms with Crippen molar-refractivity contribution in [2.24, 2.45) is 11.8 Å². The highest BCUT2D eigenvalue weighted by atomic mass is 79.9. The van der Waals surface area contributed by atoms with Crippen LogP contribution in [0.15, 0.2) is 28.7 Å². The summed E-state index contributed by atoms with van der Waals surface area (Å²) in [7, 11) is 0. The van der Waals surface area contributed by atoms with E-state index in [9.17, 15) is 5.11 Å². The largest absolute Gasteiger partial charge is 0.393 e. The molecule has 84 valence electrons. The fourth-order valence-electron chi connectivity index (χ4n) is 1.88. The molecule has 0 spiro atoms. The van der Waals surface area contributed by atoms with Crippen LogP contribution >= 0.6 is 15.9 Å². The second-order valence-electron chi connectivity index (χ2n) is 4.44. The smallest absolute Gasteiger partial charge is 0.0545 e. The highest BCUT2D eigenvalue weighted by molar-refractivity contribution is 9.10. The maximum atomic E-state index is 9.72. The Morgan fingerprint density at radius 3 is 2.27 bits per heavy atom. The molecule has 0 aliphatic carbocycles. The van der Waals surface area contributed by atoms with Crippen molar-refractivity contribution < 1.29 is 5.11 Å². The van der Waals surface area contributed by atoms with Crippen molar-refractivity contribution in [2.45, 2.75) is 33.3 Å². The molecule has 0 aliphatic heterocycles. The lowest BCUT2D eigenvalue weighted by Crippen LogP contribution is -2.24. The molecule has 1 N–H and O–H groups in total. The molecule has 0 radical (unpaired) electrons. The number of hydrogen-bond acceptors (Lipinski definition) is 1. The number of aliphatic hydroxyl groups is 1. The third-order valence-corrected chi connectivity index (χ3v) is 3.66. The number of aliphatic hydroxyl groups excluding tert-OH is 1. The van der Waals surface area contributed by atoms with E-state index < -0.39 is 0 Å². The molecule has 0 fully saturated rings. The lowest BCUT2D eigenvalue weighted by Gasteiger charge is -2.24. The van der Waals surface area contributed by atoms with Crippen molar-refractivity contribution in [3.8, 4) is 0 Å². The molecule has 1 rings (SSSR count). The first-order valence-corrected chi connectivity index (χ1v) is 6.23. The molecule has 0 aliphatic rings. The standard InChI is InChI=1S/C13H19BrO/c1-9(2)12(10(3)15)8-11-6-4-5-7-13(11)14/h4-7,9-10,12,15H,8H2,1-3H3. The van der Waals surface area contributed by atoms with Crippen LogP contribution in [0.5, 0.6) is 0 Å². The third kappa shape index (κ3) is 3.62. The van der Waals surface area contributed by atoms with Crippen LogP contribution in [-0.2, 0) is 6.42 Å². The maximum Gasteiger partial charge on any atom is 0.0545 e. The van der Waals surface area contributed by atoms with E-state index in [2.05, 4.69) is 41.9 Å². The van der Waals surface area contributed by atoms with Crippen LogP contribution in [0.4, 0.5) is 0 Å². The van der Waals surface area contributed by atoms with Gasteiger partial charge in [0.25, 0.3) is 0 Å². The van der Waals surface area contributed by atoms with E-state index in [-0.39, 0.29) is 6.10 Å². The first-order chi connectivity index (χ1) is 7.02. The van der Waals surface area contributed by atoms with Gasteiger partial charge < -0.3 is 5.11 Å². The highest BCUT2D eigenvalue weighted by Gasteiger charge is 2.20. The van der Waals surface area contributed by atoms with Gasteiger partial charge in [-0.2, -0.15) is 0 Å². The van der Waals surface area contributed by atoms with Crippen LogP contribution in [-0.4, -0.2) is 11.2 Å². The summed E-state index contributed by atoms with van der Waals surface area (Å²) in [6, 6.07) is 8.22. The van der Waals surface area contributed by atoms with Gasteiger partial charge in [-0.3, -0.25) is 0 Å². The maximum absolute atomic E-state index is 9.72. The Morgan fingerprint density at radius 1 is 1.20 bits per heavy atom. The van der Waals surface area contributed by atoms with Gasteiger partial charge in [-0.15, -0.1) is 0 Å². The summed E-state index contributed by atoms with van der Waals surface area (Å²) >= 11 is 3.54. The predicted octanol–water partition coefficient (Wildman–Crippen LogP) is 3.64. The first-order valence-electron chi connectivity index (χ1n) is 5.44. The molecule has 1 nitrogen and oxygen atoms in total. The molecule has 0 bridgehead atoms. The average molecular weight is 271 g/mol. The summed E-state index contributed by atoms with van der Waals surface area (Å²) < 4.78 is 1.14. The minimum absolute atomic E-state index is 0.253. The second kappa shape index (κ2) is 5.66. The zero-order valence-corrected chi connectivity index (χ0v) is 11.2. The molecule has 0 saturated carbocycles. The molecule has 2 heteroatoms. The van der Waals surface area contributed by atoms with Crippen LogP contribution in [0.25, 0.3) is 0 Å². The quantitative estimate of drug-likeness (QED) is 0.886. The molecule has 2 atom stereocenters. The molecule has 1 aromatic carbocycles. The van der Waals surface area contributed by atoms with Crippen molar-refractivity contribution in [1.29, 1.82) is 0 Å². The average Bonchev–Trinajstić information content (AvgIpc) is 2.15. The highest BCUT2D eigenvalue weighted by Crippen LogP contribution is 2.25. The summed E-state index contributed by atoms with van der Waals surface area (Å²) in [5, 5.41) is 9.72. The van der Waals surface area contributed by atoms with Crippen molar-refractivity contribution >= 4 is 15.9 Å². The number of rotatable bonds is 4. The van der Waals surface area contributed by atoms with E-state index in [1.807, 2.05) is 19.1 Å². The number of hydrogen-bond donors (Lipinski definition) is 1. The van der Waals surface area contributed by atoms with Gasteiger partial charge in [-0.05, 0) is 36.8 Å². The summed E-state index contributed by atoms with van der Waals surface area (Å²) in [5.74, 6) is 0.820. The fourth-order valence-corrected chi connectivity index (χ4v) is 2.33. The van der Waals surface area contributed by atoms with Crippen molar-refractivity contribution in [2.75, 3.05) is 0 Å². The van der Waals surface area contributed by atoms with E-state index in [0.717, 1.165) is 10.9 Å². The van der Waals surface area contributed by atoms with Gasteiger partial charge >= 0.3 is 0 Å². The summed E-state index contributed by atoms with van der Waals surface area (Å²) in [4.78, 5) is 0. The molecular weight excluding hydrogens is 252 g/mol. The first kappa shape index (κ1) is 12.7. The Bertz CT molecular complexity index is 299. The molecule has 0 saturated heterocycles. The van der Waals surface area contributed by atoms with Crippen LogP contribution in [0.2, 0.25) is 0 Å². The molecule has 1 aromatic rings. The summed E-state index contributed by atoms with van der Waals surface area (Å²) in [5.41, 5.74) is 1.28. The zero-order valence-electron chi connectivity index (χ0n) is 9.57. The summed E-state index contributed by atoms with van der Waals surface area (Å²) in [6.45, 7) is 6.20. The van der Waals surface area contributed by atoms with Crippen LogP contribution < -0.4 is 0 Å². The minimum Gasteiger partial charge on any atom is -0.393 e. The number of benzene rings is 1. The van der Waals surface area contributed by atoms with Gasteiger partial charge in [-0.1, -0.05) is 48.0 Å². The SMILES string of the molecule is CC(C)C(Cc1ccccc1Br)C(C)O. The van der Waals surface area contributed by atoms with E-state index >= 15 is 0 Å². The number of halogens is 1. The third-order valence-electron chi connectivity index (χ3n) is 2.89. The van der Waals surface area contributed by atoms with Gasteiger partial charge in [0, 0.05) is 4.47 Å². The topological polar surface area (TPSA) is 20.2 Å².